The summed E-state index contributed by atoms with van der Waals surface area (Å²) in [6.45, 7) is 2.23. The third-order valence-corrected chi connectivity index (χ3v) is 3.97. The van der Waals surface area contributed by atoms with Gasteiger partial charge in [-0.3, -0.25) is 0 Å². The van der Waals surface area contributed by atoms with Crippen LogP contribution in [-0.4, -0.2) is 18.4 Å². The van der Waals surface area contributed by atoms with Crippen molar-refractivity contribution in [3.63, 3.8) is 0 Å². The van der Waals surface area contributed by atoms with Gasteiger partial charge in [-0.05, 0) is 24.6 Å². The third-order valence-electron chi connectivity index (χ3n) is 3.97. The second kappa shape index (κ2) is 4.44. The Balaban J connectivity index is 2.32. The van der Waals surface area contributed by atoms with Crippen molar-refractivity contribution in [3.8, 4) is 0 Å². The normalized spacial score (nSPS) is 31.7. The molecule has 1 aromatic carbocycles. The Morgan fingerprint density at radius 1 is 1.21 bits per heavy atom. The fraction of sp³-hybridized carbons (Fsp3) is 0.538. The molecule has 19 heavy (non-hydrogen) atoms. The first-order valence-corrected chi connectivity index (χ1v) is 5.82. The highest BCUT2D eigenvalue weighted by atomic mass is 19.4. The summed E-state index contributed by atoms with van der Waals surface area (Å²) in [6.07, 6.45) is -4.50. The lowest BCUT2D eigenvalue weighted by Gasteiger charge is -2.31. The van der Waals surface area contributed by atoms with Crippen LogP contribution in [0, 0.1) is 17.6 Å². The molecule has 0 bridgehead atoms. The van der Waals surface area contributed by atoms with Crippen LogP contribution in [0.3, 0.4) is 0 Å². The van der Waals surface area contributed by atoms with Crippen molar-refractivity contribution in [1.29, 1.82) is 0 Å². The number of alkyl halides is 3. The van der Waals surface area contributed by atoms with Gasteiger partial charge in [0.1, 0.15) is 0 Å². The maximum absolute atomic E-state index is 13.1. The zero-order chi connectivity index (χ0) is 14.4. The molecule has 1 aromatic rings. The van der Waals surface area contributed by atoms with Gasteiger partial charge in [-0.25, -0.2) is 8.78 Å². The van der Waals surface area contributed by atoms with Gasteiger partial charge in [0, 0.05) is 11.8 Å². The highest BCUT2D eigenvalue weighted by molar-refractivity contribution is 5.25. The minimum absolute atomic E-state index is 0.164. The van der Waals surface area contributed by atoms with E-state index in [4.69, 9.17) is 4.74 Å². The summed E-state index contributed by atoms with van der Waals surface area (Å²) in [5, 5.41) is 0. The number of ether oxygens (including phenoxy) is 1. The fourth-order valence-electron chi connectivity index (χ4n) is 2.39. The van der Waals surface area contributed by atoms with E-state index in [-0.39, 0.29) is 6.61 Å². The molecule has 1 saturated heterocycles. The number of halogens is 5. The number of hydrogen-bond donors (Lipinski definition) is 0. The Morgan fingerprint density at radius 2 is 1.84 bits per heavy atom. The fourth-order valence-corrected chi connectivity index (χ4v) is 2.39. The standard InChI is InChI=1S/C13H13F5O/c1-7-9(6-19-12(7,2)13(16,17)18)8-3-4-10(14)11(15)5-8/h3-5,7,9H,6H2,1-2H3. The number of rotatable bonds is 1. The molecule has 1 nitrogen and oxygen atoms in total. The molecule has 0 aliphatic carbocycles. The Bertz CT molecular complexity index is 484. The van der Waals surface area contributed by atoms with E-state index >= 15 is 0 Å². The van der Waals surface area contributed by atoms with E-state index in [1.807, 2.05) is 0 Å². The van der Waals surface area contributed by atoms with Gasteiger partial charge in [0.2, 0.25) is 0 Å². The smallest absolute Gasteiger partial charge is 0.365 e. The first-order valence-electron chi connectivity index (χ1n) is 5.82. The molecular formula is C13H13F5O. The van der Waals surface area contributed by atoms with E-state index in [9.17, 15) is 22.0 Å². The van der Waals surface area contributed by atoms with Crippen LogP contribution in [0.2, 0.25) is 0 Å². The zero-order valence-corrected chi connectivity index (χ0v) is 10.4. The van der Waals surface area contributed by atoms with Gasteiger partial charge in [0.25, 0.3) is 0 Å². The molecule has 3 atom stereocenters. The summed E-state index contributed by atoms with van der Waals surface area (Å²) in [6, 6.07) is 3.15. The summed E-state index contributed by atoms with van der Waals surface area (Å²) in [5.74, 6) is -3.57. The van der Waals surface area contributed by atoms with Crippen LogP contribution in [0.1, 0.15) is 25.3 Å². The molecule has 1 aliphatic rings. The molecule has 1 fully saturated rings. The van der Waals surface area contributed by atoms with Gasteiger partial charge in [-0.15, -0.1) is 0 Å². The average Bonchev–Trinajstić information content (AvgIpc) is 2.61. The Labute approximate surface area is 107 Å². The van der Waals surface area contributed by atoms with E-state index in [0.717, 1.165) is 19.1 Å². The molecule has 0 aromatic heterocycles. The SMILES string of the molecule is CC1C(c2ccc(F)c(F)c2)COC1(C)C(F)(F)F. The van der Waals surface area contributed by atoms with Gasteiger partial charge in [0.15, 0.2) is 17.2 Å². The van der Waals surface area contributed by atoms with Crippen molar-refractivity contribution < 1.29 is 26.7 Å². The highest BCUT2D eigenvalue weighted by Gasteiger charge is 2.61. The molecule has 1 aliphatic heterocycles. The van der Waals surface area contributed by atoms with Gasteiger partial charge in [-0.2, -0.15) is 13.2 Å². The van der Waals surface area contributed by atoms with E-state index < -0.39 is 35.2 Å². The minimum Gasteiger partial charge on any atom is -0.365 e. The number of benzene rings is 1. The lowest BCUT2D eigenvalue weighted by Crippen LogP contribution is -2.46. The van der Waals surface area contributed by atoms with E-state index in [1.54, 1.807) is 0 Å². The van der Waals surface area contributed by atoms with E-state index in [2.05, 4.69) is 0 Å². The molecule has 0 N–H and O–H groups in total. The molecule has 6 heteroatoms. The lowest BCUT2D eigenvalue weighted by atomic mass is 9.80. The number of hydrogen-bond acceptors (Lipinski definition) is 1. The van der Waals surface area contributed by atoms with Crippen LogP contribution >= 0.6 is 0 Å². The summed E-state index contributed by atoms with van der Waals surface area (Å²) in [4.78, 5) is 0. The van der Waals surface area contributed by atoms with E-state index in [0.29, 0.717) is 5.56 Å². The lowest BCUT2D eigenvalue weighted by molar-refractivity contribution is -0.266. The highest BCUT2D eigenvalue weighted by Crippen LogP contribution is 2.50. The molecule has 1 heterocycles. The second-order valence-electron chi connectivity index (χ2n) is 4.98. The van der Waals surface area contributed by atoms with E-state index in [1.165, 1.54) is 13.0 Å². The molecule has 2 rings (SSSR count). The quantitative estimate of drug-likeness (QED) is 0.706. The maximum Gasteiger partial charge on any atom is 0.417 e. The topological polar surface area (TPSA) is 9.23 Å². The monoisotopic (exact) mass is 280 g/mol. The van der Waals surface area contributed by atoms with Crippen molar-refractivity contribution in [2.24, 2.45) is 5.92 Å². The van der Waals surface area contributed by atoms with Crippen LogP contribution in [-0.2, 0) is 4.74 Å². The molecule has 3 unspecified atom stereocenters. The van der Waals surface area contributed by atoms with Crippen molar-refractivity contribution in [2.45, 2.75) is 31.5 Å². The van der Waals surface area contributed by atoms with Gasteiger partial charge < -0.3 is 4.74 Å². The Kier molecular flexibility index (Phi) is 3.33. The second-order valence-corrected chi connectivity index (χ2v) is 4.98. The predicted octanol–water partition coefficient (Wildman–Crippen LogP) is 4.04. The first kappa shape index (κ1) is 14.2. The molecule has 0 amide bonds. The molecule has 106 valence electrons. The van der Waals surface area contributed by atoms with Crippen LogP contribution < -0.4 is 0 Å². The van der Waals surface area contributed by atoms with Crippen molar-refractivity contribution in [1.82, 2.24) is 0 Å². The van der Waals surface area contributed by atoms with Crippen LogP contribution in [0.4, 0.5) is 22.0 Å². The molecule has 0 radical (unpaired) electrons. The summed E-state index contributed by atoms with van der Waals surface area (Å²) < 4.78 is 69.8. The predicted molar refractivity (Wildman–Crippen MR) is 58.7 cm³/mol. The maximum atomic E-state index is 13.1. The van der Waals surface area contributed by atoms with Crippen LogP contribution in [0.25, 0.3) is 0 Å². The van der Waals surface area contributed by atoms with Gasteiger partial charge in [0.05, 0.1) is 6.61 Å². The van der Waals surface area contributed by atoms with Crippen LogP contribution in [0.15, 0.2) is 18.2 Å². The molecular weight excluding hydrogens is 267 g/mol. The Morgan fingerprint density at radius 3 is 2.32 bits per heavy atom. The van der Waals surface area contributed by atoms with Gasteiger partial charge in [-0.1, -0.05) is 13.0 Å². The Hall–Kier alpha value is -1.17. The summed E-state index contributed by atoms with van der Waals surface area (Å²) in [5.41, 5.74) is -1.94. The summed E-state index contributed by atoms with van der Waals surface area (Å²) in [7, 11) is 0. The van der Waals surface area contributed by atoms with Crippen molar-refractivity contribution in [3.05, 3.63) is 35.4 Å². The van der Waals surface area contributed by atoms with Gasteiger partial charge >= 0.3 is 6.18 Å². The van der Waals surface area contributed by atoms with Crippen molar-refractivity contribution >= 4 is 0 Å². The largest absolute Gasteiger partial charge is 0.417 e. The molecule has 0 spiro atoms. The van der Waals surface area contributed by atoms with Crippen LogP contribution in [0.5, 0.6) is 0 Å². The third kappa shape index (κ3) is 2.22. The van der Waals surface area contributed by atoms with Crippen molar-refractivity contribution in [2.75, 3.05) is 6.61 Å². The average molecular weight is 280 g/mol. The first-order chi connectivity index (χ1) is 8.67. The minimum atomic E-state index is -4.50. The zero-order valence-electron chi connectivity index (χ0n) is 10.4. The summed E-state index contributed by atoms with van der Waals surface area (Å²) >= 11 is 0. The molecule has 0 saturated carbocycles.